The number of carbonyl (C=O) groups excluding carboxylic acids is 1. The third-order valence-electron chi connectivity index (χ3n) is 7.06. The molecule has 0 aromatic heterocycles. The van der Waals surface area contributed by atoms with Crippen molar-refractivity contribution in [3.05, 3.63) is 0 Å². The van der Waals surface area contributed by atoms with Crippen LogP contribution in [0.3, 0.4) is 0 Å². The molecule has 2 fully saturated rings. The highest BCUT2D eigenvalue weighted by Crippen LogP contribution is 2.39. The van der Waals surface area contributed by atoms with E-state index in [-0.39, 0.29) is 42.4 Å². The molecule has 3 rings (SSSR count). The van der Waals surface area contributed by atoms with E-state index in [9.17, 15) is 9.59 Å². The van der Waals surface area contributed by atoms with E-state index in [1.165, 1.54) is 0 Å². The Labute approximate surface area is 184 Å². The van der Waals surface area contributed by atoms with Crippen LogP contribution in [0.4, 0.5) is 0 Å². The van der Waals surface area contributed by atoms with Gasteiger partial charge in [-0.05, 0) is 57.3 Å². The Bertz CT molecular complexity index is 635. The van der Waals surface area contributed by atoms with Gasteiger partial charge in [-0.2, -0.15) is 5.10 Å². The Kier molecular flexibility index (Phi) is 8.54. The average molecular weight is 443 g/mol. The second kappa shape index (κ2) is 10.9. The summed E-state index contributed by atoms with van der Waals surface area (Å²) in [5, 5.41) is 15.6. The zero-order valence-electron chi connectivity index (χ0n) is 18.1. The fourth-order valence-electron chi connectivity index (χ4n) is 5.30. The first-order valence-corrected chi connectivity index (χ1v) is 11.7. The van der Waals surface area contributed by atoms with E-state index in [2.05, 4.69) is 0 Å². The fourth-order valence-corrected chi connectivity index (χ4v) is 5.55. The van der Waals surface area contributed by atoms with E-state index in [4.69, 9.17) is 31.3 Å². The van der Waals surface area contributed by atoms with Gasteiger partial charge in [0.1, 0.15) is 0 Å². The van der Waals surface area contributed by atoms with Crippen molar-refractivity contribution in [3.8, 4) is 0 Å². The van der Waals surface area contributed by atoms with E-state index in [1.54, 1.807) is 19.2 Å². The number of nitrogens with zero attached hydrogens (tertiary/aromatic N) is 2. The molecule has 1 heterocycles. The maximum absolute atomic E-state index is 12.9. The minimum absolute atomic E-state index is 0.00866. The molecule has 0 saturated heterocycles. The number of hydrogen-bond donors (Lipinski definition) is 1. The molecule has 2 saturated carbocycles. The summed E-state index contributed by atoms with van der Waals surface area (Å²) in [7, 11) is 3.45. The van der Waals surface area contributed by atoms with Gasteiger partial charge in [0.25, 0.3) is 0 Å². The normalized spacial score (nSPS) is 34.6. The molecular formula is C22H35ClN2O5. The molecule has 3 aliphatic rings. The Morgan fingerprint density at radius 1 is 1.07 bits per heavy atom. The lowest BCUT2D eigenvalue weighted by molar-refractivity contribution is -0.137. The summed E-state index contributed by atoms with van der Waals surface area (Å²) >= 11 is 6.31. The highest BCUT2D eigenvalue weighted by molar-refractivity contribution is 6.20. The third-order valence-corrected chi connectivity index (χ3v) is 7.50. The van der Waals surface area contributed by atoms with Crippen LogP contribution in [0.15, 0.2) is 5.10 Å². The number of ether oxygens (including phenoxy) is 2. The number of carboxylic acids is 1. The van der Waals surface area contributed by atoms with E-state index in [1.807, 2.05) is 0 Å². The molecule has 7 nitrogen and oxygen atoms in total. The molecule has 2 aliphatic carbocycles. The van der Waals surface area contributed by atoms with Crippen LogP contribution in [-0.2, 0) is 19.1 Å². The number of carbonyl (C=O) groups is 2. The van der Waals surface area contributed by atoms with Crippen molar-refractivity contribution in [2.75, 3.05) is 14.2 Å². The number of hydrazone groups is 1. The van der Waals surface area contributed by atoms with E-state index < -0.39 is 5.97 Å². The van der Waals surface area contributed by atoms with E-state index in [0.717, 1.165) is 57.1 Å². The van der Waals surface area contributed by atoms with Gasteiger partial charge in [-0.15, -0.1) is 11.6 Å². The Morgan fingerprint density at radius 2 is 1.77 bits per heavy atom. The second-order valence-electron chi connectivity index (χ2n) is 8.92. The van der Waals surface area contributed by atoms with Gasteiger partial charge in [0.15, 0.2) is 0 Å². The Balaban J connectivity index is 1.70. The molecule has 4 atom stereocenters. The Morgan fingerprint density at radius 3 is 2.40 bits per heavy atom. The summed E-state index contributed by atoms with van der Waals surface area (Å²) < 4.78 is 11.2. The quantitative estimate of drug-likeness (QED) is 0.577. The number of halogens is 1. The first kappa shape index (κ1) is 23.5. The molecular weight excluding hydrogens is 408 g/mol. The highest BCUT2D eigenvalue weighted by Gasteiger charge is 2.42. The summed E-state index contributed by atoms with van der Waals surface area (Å²) in [6.07, 6.45) is 8.28. The van der Waals surface area contributed by atoms with Gasteiger partial charge in [0.05, 0.1) is 18.2 Å². The summed E-state index contributed by atoms with van der Waals surface area (Å²) in [5.74, 6) is -0.229. The zero-order valence-corrected chi connectivity index (χ0v) is 18.9. The van der Waals surface area contributed by atoms with Gasteiger partial charge in [0.2, 0.25) is 5.91 Å². The summed E-state index contributed by atoms with van der Waals surface area (Å²) in [6.45, 7) is 0. The maximum atomic E-state index is 12.9. The van der Waals surface area contributed by atoms with Gasteiger partial charge in [-0.25, -0.2) is 5.01 Å². The van der Waals surface area contributed by atoms with Crippen molar-refractivity contribution in [1.82, 2.24) is 5.01 Å². The van der Waals surface area contributed by atoms with Crippen molar-refractivity contribution in [3.63, 3.8) is 0 Å². The van der Waals surface area contributed by atoms with Crippen LogP contribution in [0.2, 0.25) is 0 Å². The SMILES string of the molecule is COC1CCC(C2=NN(C(=O)CCCC(=O)O)C(C3CCC(Cl)CC3)C2)CC1OC. The molecule has 170 valence electrons. The van der Waals surface area contributed by atoms with Crippen LogP contribution in [0, 0.1) is 11.8 Å². The van der Waals surface area contributed by atoms with Crippen molar-refractivity contribution in [1.29, 1.82) is 0 Å². The van der Waals surface area contributed by atoms with Crippen molar-refractivity contribution < 1.29 is 24.2 Å². The lowest BCUT2D eigenvalue weighted by Gasteiger charge is -2.35. The van der Waals surface area contributed by atoms with Crippen LogP contribution >= 0.6 is 11.6 Å². The molecule has 0 bridgehead atoms. The molecule has 0 radical (unpaired) electrons. The first-order chi connectivity index (χ1) is 14.4. The number of rotatable bonds is 8. The minimum Gasteiger partial charge on any atom is -0.481 e. The van der Waals surface area contributed by atoms with Crippen LogP contribution in [0.25, 0.3) is 0 Å². The number of methoxy groups -OCH3 is 2. The molecule has 8 heteroatoms. The van der Waals surface area contributed by atoms with Crippen molar-refractivity contribution in [2.24, 2.45) is 16.9 Å². The van der Waals surface area contributed by atoms with E-state index in [0.29, 0.717) is 18.3 Å². The summed E-state index contributed by atoms with van der Waals surface area (Å²) in [6, 6.07) is 0.0719. The van der Waals surface area contributed by atoms with Gasteiger partial charge in [0, 0.05) is 50.5 Å². The highest BCUT2D eigenvalue weighted by atomic mass is 35.5. The first-order valence-electron chi connectivity index (χ1n) is 11.2. The number of carboxylic acid groups (broad SMARTS) is 1. The topological polar surface area (TPSA) is 88.4 Å². The fraction of sp³-hybridized carbons (Fsp3) is 0.864. The van der Waals surface area contributed by atoms with Gasteiger partial charge in [-0.3, -0.25) is 9.59 Å². The predicted octanol–water partition coefficient (Wildman–Crippen LogP) is 3.83. The Hall–Kier alpha value is -1.18. The summed E-state index contributed by atoms with van der Waals surface area (Å²) in [5.41, 5.74) is 1.09. The van der Waals surface area contributed by atoms with Crippen LogP contribution in [-0.4, -0.2) is 65.6 Å². The number of aliphatic carboxylic acids is 1. The lowest BCUT2D eigenvalue weighted by Crippen LogP contribution is -2.40. The largest absolute Gasteiger partial charge is 0.481 e. The predicted molar refractivity (Wildman–Crippen MR) is 115 cm³/mol. The zero-order chi connectivity index (χ0) is 21.7. The number of hydrogen-bond acceptors (Lipinski definition) is 5. The van der Waals surface area contributed by atoms with Crippen molar-refractivity contribution >= 4 is 29.2 Å². The average Bonchev–Trinajstić information content (AvgIpc) is 3.19. The number of amides is 1. The molecule has 0 spiro atoms. The van der Waals surface area contributed by atoms with Gasteiger partial charge < -0.3 is 14.6 Å². The standard InChI is InChI=1S/C22H35ClN2O5/c1-29-19-11-8-15(12-20(19)30-2)17-13-18(14-6-9-16(23)10-7-14)25(24-17)21(26)4-3-5-22(27)28/h14-16,18-20H,3-13H2,1-2H3,(H,27,28). The molecule has 1 N–H and O–H groups in total. The van der Waals surface area contributed by atoms with Crippen LogP contribution in [0.1, 0.15) is 70.6 Å². The summed E-state index contributed by atoms with van der Waals surface area (Å²) in [4.78, 5) is 23.8. The second-order valence-corrected chi connectivity index (χ2v) is 9.54. The lowest BCUT2D eigenvalue weighted by atomic mass is 9.77. The van der Waals surface area contributed by atoms with Gasteiger partial charge >= 0.3 is 5.97 Å². The smallest absolute Gasteiger partial charge is 0.303 e. The van der Waals surface area contributed by atoms with E-state index >= 15 is 0 Å². The molecule has 0 aromatic rings. The van der Waals surface area contributed by atoms with Gasteiger partial charge in [-0.1, -0.05) is 0 Å². The third kappa shape index (κ3) is 5.74. The van der Waals surface area contributed by atoms with Crippen LogP contribution in [0.5, 0.6) is 0 Å². The molecule has 1 amide bonds. The molecule has 0 aromatic carbocycles. The molecule has 4 unspecified atom stereocenters. The maximum Gasteiger partial charge on any atom is 0.303 e. The molecule has 1 aliphatic heterocycles. The minimum atomic E-state index is -0.870. The monoisotopic (exact) mass is 442 g/mol. The molecule has 30 heavy (non-hydrogen) atoms. The number of alkyl halides is 1. The van der Waals surface area contributed by atoms with Crippen molar-refractivity contribution in [2.45, 2.75) is 94.3 Å². The van der Waals surface area contributed by atoms with Crippen LogP contribution < -0.4 is 0 Å².